The Labute approximate surface area is 226 Å². The number of rotatable bonds is 2. The van der Waals surface area contributed by atoms with Crippen molar-refractivity contribution in [3.05, 3.63) is 121 Å². The summed E-state index contributed by atoms with van der Waals surface area (Å²) in [5, 5.41) is 5.34. The van der Waals surface area contributed by atoms with Gasteiger partial charge in [-0.05, 0) is 42.8 Å². The molecule has 0 bridgehead atoms. The molecular formula is C28H24Cl2N2Zr. The van der Waals surface area contributed by atoms with Crippen LogP contribution in [0.15, 0.2) is 110 Å². The van der Waals surface area contributed by atoms with Gasteiger partial charge in [-0.25, -0.2) is 0 Å². The molecule has 5 heteroatoms. The number of aryl methyl sites for hydroxylation is 2. The van der Waals surface area contributed by atoms with Gasteiger partial charge in [0.2, 0.25) is 0 Å². The van der Waals surface area contributed by atoms with Crippen LogP contribution in [0.1, 0.15) is 11.1 Å². The molecular weight excluding hydrogens is 526 g/mol. The molecule has 0 spiro atoms. The van der Waals surface area contributed by atoms with E-state index >= 15 is 0 Å². The average molecular weight is 551 g/mol. The van der Waals surface area contributed by atoms with Crippen molar-refractivity contribution in [1.82, 2.24) is 9.13 Å². The first-order valence-corrected chi connectivity index (χ1v) is 10.3. The van der Waals surface area contributed by atoms with Gasteiger partial charge in [0.25, 0.3) is 0 Å². The Kier molecular flexibility index (Phi) is 9.55. The van der Waals surface area contributed by atoms with E-state index in [0.717, 1.165) is 0 Å². The molecule has 2 heterocycles. The number of hydrogen-bond acceptors (Lipinski definition) is 0. The van der Waals surface area contributed by atoms with Gasteiger partial charge < -0.3 is 33.9 Å². The van der Waals surface area contributed by atoms with Gasteiger partial charge in [-0.1, -0.05) is 65.7 Å². The van der Waals surface area contributed by atoms with Gasteiger partial charge in [0.15, 0.2) is 0 Å². The van der Waals surface area contributed by atoms with Crippen molar-refractivity contribution in [3.63, 3.8) is 0 Å². The van der Waals surface area contributed by atoms with Crippen LogP contribution in [0.3, 0.4) is 0 Å². The molecule has 0 unspecified atom stereocenters. The topological polar surface area (TPSA) is 9.86 Å². The minimum Gasteiger partial charge on any atom is -1.00 e. The van der Waals surface area contributed by atoms with Crippen molar-refractivity contribution in [3.8, 4) is 11.4 Å². The molecule has 0 radical (unpaired) electrons. The van der Waals surface area contributed by atoms with Gasteiger partial charge in [0.1, 0.15) is 0 Å². The predicted molar refractivity (Wildman–Crippen MR) is 127 cm³/mol. The third-order valence-electron chi connectivity index (χ3n) is 5.75. The summed E-state index contributed by atoms with van der Waals surface area (Å²) >= 11 is 0. The fourth-order valence-corrected chi connectivity index (χ4v) is 4.09. The third kappa shape index (κ3) is 5.44. The van der Waals surface area contributed by atoms with Crippen LogP contribution in [0.4, 0.5) is 0 Å². The van der Waals surface area contributed by atoms with Gasteiger partial charge in [-0.15, -0.1) is 46.7 Å². The van der Waals surface area contributed by atoms with Crippen molar-refractivity contribution in [2.24, 2.45) is 0 Å². The smallest absolute Gasteiger partial charge is 1.00 e. The molecule has 0 fully saturated rings. The third-order valence-corrected chi connectivity index (χ3v) is 5.75. The van der Waals surface area contributed by atoms with E-state index in [4.69, 9.17) is 0 Å². The largest absolute Gasteiger partial charge is 4.00 e. The van der Waals surface area contributed by atoms with Gasteiger partial charge in [-0.3, -0.25) is 0 Å². The van der Waals surface area contributed by atoms with E-state index in [2.05, 4.69) is 121 Å². The molecule has 0 saturated carbocycles. The van der Waals surface area contributed by atoms with Crippen molar-refractivity contribution in [2.75, 3.05) is 0 Å². The first-order valence-electron chi connectivity index (χ1n) is 10.3. The molecule has 6 aromatic rings. The average Bonchev–Trinajstić information content (AvgIpc) is 3.56. The quantitative estimate of drug-likeness (QED) is 0.288. The van der Waals surface area contributed by atoms with Gasteiger partial charge in [0.05, 0.1) is 0 Å². The Hall–Kier alpha value is -2.32. The summed E-state index contributed by atoms with van der Waals surface area (Å²) in [5.74, 6) is 0. The molecule has 0 saturated heterocycles. The summed E-state index contributed by atoms with van der Waals surface area (Å²) in [6.45, 7) is 4.34. The molecule has 164 valence electrons. The number of aromatic nitrogens is 2. The predicted octanol–water partition coefficient (Wildman–Crippen LogP) is 1.32. The van der Waals surface area contributed by atoms with Crippen LogP contribution in [-0.4, -0.2) is 9.13 Å². The zero-order chi connectivity index (χ0) is 20.5. The summed E-state index contributed by atoms with van der Waals surface area (Å²) in [7, 11) is 0. The van der Waals surface area contributed by atoms with Crippen molar-refractivity contribution in [2.45, 2.75) is 13.8 Å². The fourth-order valence-electron chi connectivity index (χ4n) is 4.09. The number of halogens is 2. The van der Waals surface area contributed by atoms with Crippen LogP contribution < -0.4 is 24.8 Å². The van der Waals surface area contributed by atoms with E-state index in [-0.39, 0.29) is 51.0 Å². The molecule has 33 heavy (non-hydrogen) atoms. The first kappa shape index (κ1) is 26.9. The summed E-state index contributed by atoms with van der Waals surface area (Å²) < 4.78 is 4.29. The fraction of sp³-hybridized carbons (Fsp3) is 0.0714. The number of fused-ring (bicyclic) bond motifs is 2. The maximum atomic E-state index is 2.26. The standard InChI is InChI=1S/C15H14N.C13H10N.2ClH.Zr/c1-11-5-6-12(2)15-10-13(9-14(11)15)16-7-3-4-8-16;1-2-6-12-11(5-1)7-8-13(12)14-9-3-4-10-14;;;/h3-10H,1-2H3;1-10H;2*1H;/q2*-1;;;+4/p-2. The Balaban J connectivity index is 0.000000215. The molecule has 0 aliphatic heterocycles. The number of hydrogen-bond donors (Lipinski definition) is 0. The normalized spacial score (nSPS) is 10.0. The summed E-state index contributed by atoms with van der Waals surface area (Å²) in [6.07, 6.45) is 8.31. The van der Waals surface area contributed by atoms with E-state index in [1.807, 2.05) is 12.1 Å². The molecule has 0 N–H and O–H groups in total. The second-order valence-electron chi connectivity index (χ2n) is 7.73. The number of nitrogens with zero attached hydrogens (tertiary/aromatic N) is 2. The molecule has 0 amide bonds. The summed E-state index contributed by atoms with van der Waals surface area (Å²) in [4.78, 5) is 0. The minimum atomic E-state index is 0. The monoisotopic (exact) mass is 548 g/mol. The first-order chi connectivity index (χ1) is 14.7. The zero-order valence-electron chi connectivity index (χ0n) is 18.5. The molecule has 2 aromatic heterocycles. The van der Waals surface area contributed by atoms with Crippen molar-refractivity contribution < 1.29 is 51.0 Å². The van der Waals surface area contributed by atoms with Crippen molar-refractivity contribution >= 4 is 21.5 Å². The Morgan fingerprint density at radius 2 is 1.36 bits per heavy atom. The Bertz CT molecular complexity index is 1370. The second kappa shape index (κ2) is 11.7. The molecule has 0 aliphatic rings. The van der Waals surface area contributed by atoms with Crippen molar-refractivity contribution in [1.29, 1.82) is 0 Å². The van der Waals surface area contributed by atoms with Gasteiger partial charge in [-0.2, -0.15) is 0 Å². The minimum absolute atomic E-state index is 0. The van der Waals surface area contributed by atoms with Crippen LogP contribution in [0.2, 0.25) is 0 Å². The van der Waals surface area contributed by atoms with Gasteiger partial charge >= 0.3 is 26.2 Å². The van der Waals surface area contributed by atoms with E-state index < -0.39 is 0 Å². The van der Waals surface area contributed by atoms with Gasteiger partial charge in [0, 0.05) is 12.4 Å². The van der Waals surface area contributed by atoms with Crippen LogP contribution in [0.25, 0.3) is 32.9 Å². The number of benzene rings is 2. The van der Waals surface area contributed by atoms with E-state index in [1.54, 1.807) is 0 Å². The Morgan fingerprint density at radius 3 is 2.06 bits per heavy atom. The summed E-state index contributed by atoms with van der Waals surface area (Å²) in [6, 6.07) is 29.9. The van der Waals surface area contributed by atoms with E-state index in [0.29, 0.717) is 0 Å². The van der Waals surface area contributed by atoms with Crippen LogP contribution in [0.5, 0.6) is 0 Å². The van der Waals surface area contributed by atoms with Crippen LogP contribution in [-0.2, 0) is 26.2 Å². The second-order valence-corrected chi connectivity index (χ2v) is 7.73. The summed E-state index contributed by atoms with van der Waals surface area (Å²) in [5.41, 5.74) is 5.20. The molecule has 0 atom stereocenters. The molecule has 6 rings (SSSR count). The van der Waals surface area contributed by atoms with Crippen LogP contribution >= 0.6 is 0 Å². The SMILES string of the molecule is Cc1ccc(C)c2[cH-]c(-n3cccc3)cc12.[Cl-].[Cl-].[Zr+4].c1ccc2c(c1)cc[c-]2-n1cccc1. The molecule has 4 aromatic carbocycles. The maximum absolute atomic E-state index is 2.26. The van der Waals surface area contributed by atoms with E-state index in [9.17, 15) is 0 Å². The Morgan fingerprint density at radius 1 is 0.727 bits per heavy atom. The van der Waals surface area contributed by atoms with Crippen LogP contribution in [0, 0.1) is 13.8 Å². The zero-order valence-corrected chi connectivity index (χ0v) is 22.5. The molecule has 2 nitrogen and oxygen atoms in total. The maximum Gasteiger partial charge on any atom is 4.00 e. The molecule has 0 aliphatic carbocycles. The van der Waals surface area contributed by atoms with E-state index in [1.165, 1.54) is 44.0 Å².